The van der Waals surface area contributed by atoms with Gasteiger partial charge in [0.25, 0.3) is 5.69 Å². The summed E-state index contributed by atoms with van der Waals surface area (Å²) in [5.74, 6) is -1.62. The Morgan fingerprint density at radius 2 is 1.79 bits per heavy atom. The summed E-state index contributed by atoms with van der Waals surface area (Å²) >= 11 is 0. The van der Waals surface area contributed by atoms with E-state index in [-0.39, 0.29) is 17.3 Å². The van der Waals surface area contributed by atoms with Crippen LogP contribution in [0.25, 0.3) is 0 Å². The van der Waals surface area contributed by atoms with Gasteiger partial charge in [-0.05, 0) is 18.9 Å². The largest absolute Gasteiger partial charge is 0.345 e. The molecule has 0 radical (unpaired) electrons. The van der Waals surface area contributed by atoms with Gasteiger partial charge in [0.05, 0.1) is 16.7 Å². The first-order valence-corrected chi connectivity index (χ1v) is 7.95. The number of nitrogens with zero attached hydrogens (tertiary/aromatic N) is 2. The quantitative estimate of drug-likeness (QED) is 0.288. The molecule has 8 nitrogen and oxygen atoms in total. The number of hydrogen-bond donors (Lipinski definition) is 2. The molecular weight excluding hydrogens is 312 g/mol. The maximum Gasteiger partial charge on any atom is 0.329 e. The fourth-order valence-electron chi connectivity index (χ4n) is 2.65. The SMILES string of the molecule is O=C(N/N=C\c1ccccc1[N+](=O)[O-])C(=O)NC1CCCCCC1. The van der Waals surface area contributed by atoms with Crippen LogP contribution in [0.2, 0.25) is 0 Å². The van der Waals surface area contributed by atoms with Crippen molar-refractivity contribution in [3.05, 3.63) is 39.9 Å². The van der Waals surface area contributed by atoms with Crippen molar-refractivity contribution in [1.82, 2.24) is 10.7 Å². The zero-order valence-electron chi connectivity index (χ0n) is 13.2. The number of carbonyl (C=O) groups excluding carboxylic acids is 2. The first-order chi connectivity index (χ1) is 11.6. The minimum atomic E-state index is -0.880. The summed E-state index contributed by atoms with van der Waals surface area (Å²) < 4.78 is 0. The third kappa shape index (κ3) is 5.15. The highest BCUT2D eigenvalue weighted by atomic mass is 16.6. The van der Waals surface area contributed by atoms with Crippen molar-refractivity contribution in [2.45, 2.75) is 44.6 Å². The van der Waals surface area contributed by atoms with E-state index in [2.05, 4.69) is 15.8 Å². The van der Waals surface area contributed by atoms with Gasteiger partial charge in [-0.25, -0.2) is 5.43 Å². The van der Waals surface area contributed by atoms with Gasteiger partial charge in [0.1, 0.15) is 0 Å². The molecule has 1 aliphatic rings. The first kappa shape index (κ1) is 17.6. The average molecular weight is 332 g/mol. The number of rotatable bonds is 4. The van der Waals surface area contributed by atoms with Gasteiger partial charge < -0.3 is 5.32 Å². The summed E-state index contributed by atoms with van der Waals surface area (Å²) in [5, 5.41) is 17.2. The molecule has 0 aliphatic heterocycles. The predicted octanol–water partition coefficient (Wildman–Crippen LogP) is 1.88. The van der Waals surface area contributed by atoms with Gasteiger partial charge in [-0.2, -0.15) is 5.10 Å². The number of nitro groups is 1. The molecule has 8 heteroatoms. The lowest BCUT2D eigenvalue weighted by Gasteiger charge is -2.14. The first-order valence-electron chi connectivity index (χ1n) is 7.95. The van der Waals surface area contributed by atoms with Crippen LogP contribution in [-0.4, -0.2) is 29.0 Å². The van der Waals surface area contributed by atoms with Gasteiger partial charge in [-0.3, -0.25) is 19.7 Å². The van der Waals surface area contributed by atoms with E-state index in [1.807, 2.05) is 0 Å². The van der Waals surface area contributed by atoms with Gasteiger partial charge in [-0.1, -0.05) is 37.8 Å². The molecule has 0 aromatic heterocycles. The van der Waals surface area contributed by atoms with E-state index < -0.39 is 16.7 Å². The molecule has 24 heavy (non-hydrogen) atoms. The monoisotopic (exact) mass is 332 g/mol. The lowest BCUT2D eigenvalue weighted by Crippen LogP contribution is -2.43. The molecule has 2 amide bonds. The molecule has 128 valence electrons. The molecular formula is C16H20N4O4. The van der Waals surface area contributed by atoms with E-state index in [1.165, 1.54) is 18.2 Å². The van der Waals surface area contributed by atoms with E-state index in [0.717, 1.165) is 44.7 Å². The zero-order chi connectivity index (χ0) is 17.4. The summed E-state index contributed by atoms with van der Waals surface area (Å²) in [6, 6.07) is 6.01. The van der Waals surface area contributed by atoms with Crippen LogP contribution in [0.3, 0.4) is 0 Å². The minimum absolute atomic E-state index is 0.0185. The Hall–Kier alpha value is -2.77. The van der Waals surface area contributed by atoms with E-state index in [0.29, 0.717) is 0 Å². The molecule has 1 fully saturated rings. The number of nitro benzene ring substituents is 1. The second kappa shape index (κ2) is 8.76. The van der Waals surface area contributed by atoms with Crippen LogP contribution in [-0.2, 0) is 9.59 Å². The third-order valence-corrected chi connectivity index (χ3v) is 3.90. The Morgan fingerprint density at radius 3 is 2.46 bits per heavy atom. The number of hydrazone groups is 1. The smallest absolute Gasteiger partial charge is 0.329 e. The van der Waals surface area contributed by atoms with Crippen molar-refractivity contribution in [3.63, 3.8) is 0 Å². The Bertz CT molecular complexity index is 637. The molecule has 0 spiro atoms. The van der Waals surface area contributed by atoms with Crippen LogP contribution in [0.4, 0.5) is 5.69 Å². The van der Waals surface area contributed by atoms with Crippen LogP contribution < -0.4 is 10.7 Å². The van der Waals surface area contributed by atoms with Crippen LogP contribution in [0.15, 0.2) is 29.4 Å². The number of hydrogen-bond acceptors (Lipinski definition) is 5. The molecule has 1 aromatic carbocycles. The van der Waals surface area contributed by atoms with Crippen molar-refractivity contribution in [1.29, 1.82) is 0 Å². The number of nitrogens with one attached hydrogen (secondary N) is 2. The molecule has 0 saturated heterocycles. The molecule has 1 saturated carbocycles. The van der Waals surface area contributed by atoms with Gasteiger partial charge in [0, 0.05) is 12.1 Å². The van der Waals surface area contributed by atoms with Gasteiger partial charge in [0.2, 0.25) is 0 Å². The molecule has 0 bridgehead atoms. The van der Waals surface area contributed by atoms with Crippen LogP contribution in [0, 0.1) is 10.1 Å². The highest BCUT2D eigenvalue weighted by Gasteiger charge is 2.19. The van der Waals surface area contributed by atoms with Gasteiger partial charge >= 0.3 is 11.8 Å². The van der Waals surface area contributed by atoms with E-state index in [1.54, 1.807) is 6.07 Å². The van der Waals surface area contributed by atoms with Crippen LogP contribution in [0.5, 0.6) is 0 Å². The number of amides is 2. The van der Waals surface area contributed by atoms with Crippen LogP contribution in [0.1, 0.15) is 44.1 Å². The summed E-state index contributed by atoms with van der Waals surface area (Å²) in [5.41, 5.74) is 2.21. The third-order valence-electron chi connectivity index (χ3n) is 3.90. The number of benzene rings is 1. The van der Waals surface area contributed by atoms with E-state index >= 15 is 0 Å². The second-order valence-corrected chi connectivity index (χ2v) is 5.68. The van der Waals surface area contributed by atoms with Crippen molar-refractivity contribution in [2.75, 3.05) is 0 Å². The molecule has 1 aromatic rings. The fraction of sp³-hybridized carbons (Fsp3) is 0.438. The number of carbonyl (C=O) groups is 2. The standard InChI is InChI=1S/C16H20N4O4/c21-15(18-13-8-3-1-2-4-9-13)16(22)19-17-11-12-7-5-6-10-14(12)20(23)24/h5-7,10-11,13H,1-4,8-9H2,(H,18,21)(H,19,22)/b17-11-. The van der Waals surface area contributed by atoms with Crippen molar-refractivity contribution < 1.29 is 14.5 Å². The van der Waals surface area contributed by atoms with Crippen LogP contribution >= 0.6 is 0 Å². The summed E-state index contributed by atoms with van der Waals surface area (Å²) in [6.07, 6.45) is 7.29. The van der Waals surface area contributed by atoms with Crippen molar-refractivity contribution in [2.24, 2.45) is 5.10 Å². The Morgan fingerprint density at radius 1 is 1.12 bits per heavy atom. The second-order valence-electron chi connectivity index (χ2n) is 5.68. The number of para-hydroxylation sites is 1. The molecule has 0 heterocycles. The lowest BCUT2D eigenvalue weighted by atomic mass is 10.1. The lowest BCUT2D eigenvalue weighted by molar-refractivity contribution is -0.385. The fourth-order valence-corrected chi connectivity index (χ4v) is 2.65. The highest BCUT2D eigenvalue weighted by molar-refractivity contribution is 6.35. The maximum atomic E-state index is 11.8. The molecule has 1 aliphatic carbocycles. The van der Waals surface area contributed by atoms with E-state index in [9.17, 15) is 19.7 Å². The average Bonchev–Trinajstić information content (AvgIpc) is 2.83. The Balaban J connectivity index is 1.88. The van der Waals surface area contributed by atoms with Crippen molar-refractivity contribution >= 4 is 23.7 Å². The Kier molecular flexibility index (Phi) is 6.41. The normalized spacial score (nSPS) is 15.7. The summed E-state index contributed by atoms with van der Waals surface area (Å²) in [4.78, 5) is 33.9. The van der Waals surface area contributed by atoms with E-state index in [4.69, 9.17) is 0 Å². The molecule has 2 rings (SSSR count). The zero-order valence-corrected chi connectivity index (χ0v) is 13.2. The Labute approximate surface area is 139 Å². The topological polar surface area (TPSA) is 114 Å². The molecule has 0 atom stereocenters. The summed E-state index contributed by atoms with van der Waals surface area (Å²) in [7, 11) is 0. The summed E-state index contributed by atoms with van der Waals surface area (Å²) in [6.45, 7) is 0. The van der Waals surface area contributed by atoms with Crippen molar-refractivity contribution in [3.8, 4) is 0 Å². The minimum Gasteiger partial charge on any atom is -0.345 e. The maximum absolute atomic E-state index is 11.8. The predicted molar refractivity (Wildman–Crippen MR) is 88.5 cm³/mol. The highest BCUT2D eigenvalue weighted by Crippen LogP contribution is 2.17. The molecule has 2 N–H and O–H groups in total. The van der Waals surface area contributed by atoms with Gasteiger partial charge in [-0.15, -0.1) is 0 Å². The van der Waals surface area contributed by atoms with Gasteiger partial charge in [0.15, 0.2) is 0 Å². The molecule has 0 unspecified atom stereocenters.